The Bertz CT molecular complexity index is 82.5. The molecule has 0 unspecified atom stereocenters. The summed E-state index contributed by atoms with van der Waals surface area (Å²) in [6, 6.07) is 0. The number of rotatable bonds is 2. The zero-order valence-electron chi connectivity index (χ0n) is 5.35. The number of carbonyl (C=O) groups excluding carboxylic acids is 1. The summed E-state index contributed by atoms with van der Waals surface area (Å²) >= 11 is 0. The molecule has 0 aliphatic rings. The van der Waals surface area contributed by atoms with Crippen LogP contribution in [-0.2, 0) is 4.79 Å². The molecule has 0 heterocycles. The summed E-state index contributed by atoms with van der Waals surface area (Å²) in [7, 11) is 6.66. The highest BCUT2D eigenvalue weighted by Gasteiger charge is 1.98. The van der Waals surface area contributed by atoms with Gasteiger partial charge in [-0.15, -0.1) is 0 Å². The third kappa shape index (κ3) is 2.67. The van der Waals surface area contributed by atoms with Gasteiger partial charge in [0.2, 0.25) is 13.9 Å². The van der Waals surface area contributed by atoms with Crippen molar-refractivity contribution >= 4 is 13.9 Å². The topological polar surface area (TPSA) is 20.3 Å². The van der Waals surface area contributed by atoms with Crippen molar-refractivity contribution in [1.82, 2.24) is 4.81 Å². The molecule has 0 aromatic heterocycles. The largest absolute Gasteiger partial charge is 0.399 e. The number of carbonyl (C=O) groups is 1. The molecule has 0 saturated carbocycles. The number of hydrogen-bond donors (Lipinski definition) is 0. The summed E-state index contributed by atoms with van der Waals surface area (Å²) in [6.07, 6.45) is 1.41. The zero-order chi connectivity index (χ0) is 6.57. The van der Waals surface area contributed by atoms with Crippen LogP contribution in [0.1, 0.15) is 19.8 Å². The Balaban J connectivity index is 3.33. The molecule has 2 radical (unpaired) electrons. The van der Waals surface area contributed by atoms with Crippen molar-refractivity contribution in [3.63, 3.8) is 0 Å². The second-order valence-corrected chi connectivity index (χ2v) is 1.75. The van der Waals surface area contributed by atoms with Gasteiger partial charge < -0.3 is 4.81 Å². The fourth-order valence-corrected chi connectivity index (χ4v) is 0.390. The maximum atomic E-state index is 10.5. The minimum atomic E-state index is -0.00694. The number of nitrogens with zero attached hydrogens (tertiary/aromatic N) is 1. The van der Waals surface area contributed by atoms with Crippen molar-refractivity contribution in [2.24, 2.45) is 0 Å². The SMILES string of the molecule is [B]N(C)C(=O)CCC. The number of amides is 1. The Morgan fingerprint density at radius 3 is 2.38 bits per heavy atom. The molecule has 1 amide bonds. The van der Waals surface area contributed by atoms with Crippen LogP contribution < -0.4 is 0 Å². The van der Waals surface area contributed by atoms with Gasteiger partial charge in [0.15, 0.2) is 0 Å². The van der Waals surface area contributed by atoms with E-state index in [0.717, 1.165) is 11.2 Å². The van der Waals surface area contributed by atoms with E-state index in [4.69, 9.17) is 7.98 Å². The van der Waals surface area contributed by atoms with Crippen LogP contribution >= 0.6 is 0 Å². The van der Waals surface area contributed by atoms with Crippen molar-refractivity contribution in [3.05, 3.63) is 0 Å². The van der Waals surface area contributed by atoms with Crippen LogP contribution in [0.25, 0.3) is 0 Å². The van der Waals surface area contributed by atoms with Gasteiger partial charge in [0.1, 0.15) is 0 Å². The van der Waals surface area contributed by atoms with E-state index in [0.29, 0.717) is 6.42 Å². The molecule has 0 N–H and O–H groups in total. The van der Waals surface area contributed by atoms with Gasteiger partial charge in [-0.25, -0.2) is 0 Å². The van der Waals surface area contributed by atoms with Crippen LogP contribution in [-0.4, -0.2) is 25.7 Å². The first kappa shape index (κ1) is 7.53. The van der Waals surface area contributed by atoms with Crippen molar-refractivity contribution in [2.45, 2.75) is 19.8 Å². The summed E-state index contributed by atoms with van der Waals surface area (Å²) in [4.78, 5) is 11.7. The van der Waals surface area contributed by atoms with Crippen molar-refractivity contribution in [1.29, 1.82) is 0 Å². The molecule has 0 aromatic carbocycles. The lowest BCUT2D eigenvalue weighted by molar-refractivity contribution is -0.125. The summed E-state index contributed by atoms with van der Waals surface area (Å²) < 4.78 is 0. The lowest BCUT2D eigenvalue weighted by atomic mass is 10.2. The maximum absolute atomic E-state index is 10.5. The lowest BCUT2D eigenvalue weighted by Gasteiger charge is -2.07. The molecule has 0 spiro atoms. The van der Waals surface area contributed by atoms with Crippen LogP contribution in [0.3, 0.4) is 0 Å². The van der Waals surface area contributed by atoms with Gasteiger partial charge in [-0.2, -0.15) is 0 Å². The average molecular weight is 111 g/mol. The van der Waals surface area contributed by atoms with Gasteiger partial charge in [0, 0.05) is 6.42 Å². The van der Waals surface area contributed by atoms with Crippen LogP contribution in [0, 0.1) is 0 Å². The molecule has 2 nitrogen and oxygen atoms in total. The Hall–Kier alpha value is -0.465. The monoisotopic (exact) mass is 111 g/mol. The Morgan fingerprint density at radius 2 is 2.25 bits per heavy atom. The average Bonchev–Trinajstić information content (AvgIpc) is 1.67. The minimum absolute atomic E-state index is 0.00694. The summed E-state index contributed by atoms with van der Waals surface area (Å²) in [5.74, 6) is -0.00694. The summed E-state index contributed by atoms with van der Waals surface area (Å²) in [6.45, 7) is 1.95. The van der Waals surface area contributed by atoms with E-state index >= 15 is 0 Å². The predicted octanol–water partition coefficient (Wildman–Crippen LogP) is 0.328. The van der Waals surface area contributed by atoms with E-state index in [1.54, 1.807) is 7.05 Å². The highest BCUT2D eigenvalue weighted by Crippen LogP contribution is 1.89. The quantitative estimate of drug-likeness (QED) is 0.470. The van der Waals surface area contributed by atoms with Gasteiger partial charge in [-0.3, -0.25) is 4.79 Å². The molecule has 0 aliphatic carbocycles. The van der Waals surface area contributed by atoms with E-state index in [1.165, 1.54) is 0 Å². The molecule has 0 fully saturated rings. The van der Waals surface area contributed by atoms with Gasteiger partial charge in [0.25, 0.3) is 0 Å². The minimum Gasteiger partial charge on any atom is -0.399 e. The Kier molecular flexibility index (Phi) is 3.32. The van der Waals surface area contributed by atoms with Gasteiger partial charge in [-0.1, -0.05) is 6.92 Å². The third-order valence-electron chi connectivity index (χ3n) is 0.857. The normalized spacial score (nSPS) is 8.75. The molecule has 0 aliphatic heterocycles. The molecule has 0 aromatic rings. The van der Waals surface area contributed by atoms with Crippen LogP contribution in [0.15, 0.2) is 0 Å². The Labute approximate surface area is 51.3 Å². The van der Waals surface area contributed by atoms with E-state index < -0.39 is 0 Å². The van der Waals surface area contributed by atoms with Crippen LogP contribution in [0.5, 0.6) is 0 Å². The highest BCUT2D eigenvalue weighted by atomic mass is 16.2. The Morgan fingerprint density at radius 1 is 1.75 bits per heavy atom. The van der Waals surface area contributed by atoms with E-state index in [1.807, 2.05) is 6.92 Å². The summed E-state index contributed by atoms with van der Waals surface area (Å²) in [5.41, 5.74) is 0. The molecule has 8 heavy (non-hydrogen) atoms. The van der Waals surface area contributed by atoms with Gasteiger partial charge in [0.05, 0.1) is 0 Å². The smallest absolute Gasteiger partial charge is 0.230 e. The fraction of sp³-hybridized carbons (Fsp3) is 0.800. The van der Waals surface area contributed by atoms with E-state index in [2.05, 4.69) is 0 Å². The lowest BCUT2D eigenvalue weighted by Crippen LogP contribution is -2.22. The van der Waals surface area contributed by atoms with Crippen LogP contribution in [0.2, 0.25) is 0 Å². The molecule has 44 valence electrons. The first-order valence-electron chi connectivity index (χ1n) is 2.69. The van der Waals surface area contributed by atoms with E-state index in [9.17, 15) is 4.79 Å². The van der Waals surface area contributed by atoms with Crippen molar-refractivity contribution in [3.8, 4) is 0 Å². The van der Waals surface area contributed by atoms with E-state index in [-0.39, 0.29) is 5.91 Å². The molecule has 0 saturated heterocycles. The molecule has 0 atom stereocenters. The van der Waals surface area contributed by atoms with Crippen LogP contribution in [0.4, 0.5) is 0 Å². The first-order valence-corrected chi connectivity index (χ1v) is 2.69. The third-order valence-corrected chi connectivity index (χ3v) is 0.857. The van der Waals surface area contributed by atoms with Gasteiger partial charge >= 0.3 is 0 Å². The fourth-order valence-electron chi connectivity index (χ4n) is 0.390. The molecule has 0 bridgehead atoms. The molecule has 0 rings (SSSR count). The number of hydrogen-bond acceptors (Lipinski definition) is 1. The maximum Gasteiger partial charge on any atom is 0.230 e. The highest BCUT2D eigenvalue weighted by molar-refractivity contribution is 6.13. The predicted molar refractivity (Wildman–Crippen MR) is 33.4 cm³/mol. The van der Waals surface area contributed by atoms with Crippen molar-refractivity contribution < 1.29 is 4.79 Å². The zero-order valence-corrected chi connectivity index (χ0v) is 5.35. The standard InChI is InChI=1S/C5H10BNO/c1-3-4-5(8)7(2)6/h3-4H2,1-2H3. The summed E-state index contributed by atoms with van der Waals surface area (Å²) in [5, 5.41) is 0. The molecular weight excluding hydrogens is 101 g/mol. The second-order valence-electron chi connectivity index (χ2n) is 1.75. The second kappa shape index (κ2) is 3.53. The first-order chi connectivity index (χ1) is 3.68. The van der Waals surface area contributed by atoms with Gasteiger partial charge in [-0.05, 0) is 13.5 Å². The molecule has 3 heteroatoms. The van der Waals surface area contributed by atoms with Crippen molar-refractivity contribution in [2.75, 3.05) is 7.05 Å². The molecular formula is C5H10BNO.